The van der Waals surface area contributed by atoms with E-state index in [1.165, 1.54) is 0 Å². The number of benzene rings is 3. The highest BCUT2D eigenvalue weighted by molar-refractivity contribution is 6.07. The molecule has 0 unspecified atom stereocenters. The van der Waals surface area contributed by atoms with Crippen LogP contribution in [0.25, 0.3) is 22.6 Å². The standard InChI is InChI=1S/C31H28N2O3/c1-20-10-8-17-26(21(20)2)32-28(34)19-36-31(35)29-24-14-6-7-16-27(24)33-30-23(13-9-15-25(29)30)18-22-11-4-3-5-12-22/h3-8,10-12,14,16-18H,9,13,15,19H2,1-2H3,(H,32,34). The first-order valence-electron chi connectivity index (χ1n) is 12.2. The van der Waals surface area contributed by atoms with E-state index in [-0.39, 0.29) is 12.5 Å². The summed E-state index contributed by atoms with van der Waals surface area (Å²) < 4.78 is 5.56. The highest BCUT2D eigenvalue weighted by Crippen LogP contribution is 2.36. The summed E-state index contributed by atoms with van der Waals surface area (Å²) in [6, 6.07) is 23.5. The van der Waals surface area contributed by atoms with Crippen LogP contribution in [0.3, 0.4) is 0 Å². The van der Waals surface area contributed by atoms with E-state index in [1.54, 1.807) is 0 Å². The van der Waals surface area contributed by atoms with Gasteiger partial charge in [-0.1, -0.05) is 60.7 Å². The first-order chi connectivity index (χ1) is 17.5. The van der Waals surface area contributed by atoms with E-state index in [9.17, 15) is 9.59 Å². The van der Waals surface area contributed by atoms with Crippen molar-refractivity contribution in [3.8, 4) is 0 Å². The second-order valence-electron chi connectivity index (χ2n) is 9.14. The van der Waals surface area contributed by atoms with E-state index in [1.807, 2.05) is 74.5 Å². The summed E-state index contributed by atoms with van der Waals surface area (Å²) >= 11 is 0. The van der Waals surface area contributed by atoms with Crippen LogP contribution < -0.4 is 5.32 Å². The molecule has 1 N–H and O–H groups in total. The Balaban J connectivity index is 1.45. The van der Waals surface area contributed by atoms with Gasteiger partial charge in [0.1, 0.15) is 0 Å². The monoisotopic (exact) mass is 476 g/mol. The predicted molar refractivity (Wildman–Crippen MR) is 144 cm³/mol. The Morgan fingerprint density at radius 3 is 2.56 bits per heavy atom. The second-order valence-corrected chi connectivity index (χ2v) is 9.14. The Morgan fingerprint density at radius 2 is 1.72 bits per heavy atom. The van der Waals surface area contributed by atoms with Crippen molar-refractivity contribution in [1.29, 1.82) is 0 Å². The number of rotatable bonds is 5. The van der Waals surface area contributed by atoms with Crippen molar-refractivity contribution in [3.05, 3.63) is 106 Å². The van der Waals surface area contributed by atoms with Crippen molar-refractivity contribution < 1.29 is 14.3 Å². The van der Waals surface area contributed by atoms with Crippen molar-refractivity contribution >= 4 is 40.1 Å². The van der Waals surface area contributed by atoms with Crippen LogP contribution in [0, 0.1) is 13.8 Å². The Kier molecular flexibility index (Phi) is 6.63. The third-order valence-corrected chi connectivity index (χ3v) is 6.73. The van der Waals surface area contributed by atoms with Gasteiger partial charge < -0.3 is 10.1 Å². The van der Waals surface area contributed by atoms with Crippen LogP contribution >= 0.6 is 0 Å². The lowest BCUT2D eigenvalue weighted by molar-refractivity contribution is -0.119. The Labute approximate surface area is 210 Å². The molecule has 1 aromatic heterocycles. The molecule has 1 aliphatic rings. The molecule has 0 aliphatic heterocycles. The SMILES string of the molecule is Cc1cccc(NC(=O)COC(=O)c2c3c(nc4ccccc24)C(=Cc2ccccc2)CCC3)c1C. The first-order valence-corrected chi connectivity index (χ1v) is 12.2. The number of anilines is 1. The number of allylic oxidation sites excluding steroid dienone is 1. The van der Waals surface area contributed by atoms with Crippen LogP contribution in [-0.2, 0) is 16.0 Å². The van der Waals surface area contributed by atoms with Crippen molar-refractivity contribution in [2.75, 3.05) is 11.9 Å². The fraction of sp³-hybridized carbons (Fsp3) is 0.194. The molecule has 5 rings (SSSR count). The van der Waals surface area contributed by atoms with E-state index in [4.69, 9.17) is 9.72 Å². The molecular weight excluding hydrogens is 448 g/mol. The van der Waals surface area contributed by atoms with Gasteiger partial charge in [-0.05, 0) is 79.1 Å². The van der Waals surface area contributed by atoms with E-state index < -0.39 is 5.97 Å². The lowest BCUT2D eigenvalue weighted by Crippen LogP contribution is -2.23. The maximum absolute atomic E-state index is 13.4. The molecule has 1 aliphatic carbocycles. The average molecular weight is 477 g/mol. The fourth-order valence-corrected chi connectivity index (χ4v) is 4.73. The van der Waals surface area contributed by atoms with Crippen LogP contribution in [0.4, 0.5) is 5.69 Å². The van der Waals surface area contributed by atoms with E-state index >= 15 is 0 Å². The molecule has 0 radical (unpaired) electrons. The number of ether oxygens (including phenoxy) is 1. The Hall–Kier alpha value is -4.25. The normalized spacial score (nSPS) is 13.9. The maximum atomic E-state index is 13.4. The van der Waals surface area contributed by atoms with Gasteiger partial charge in [0.05, 0.1) is 16.8 Å². The lowest BCUT2D eigenvalue weighted by atomic mass is 9.86. The molecule has 0 atom stereocenters. The molecule has 3 aromatic carbocycles. The fourth-order valence-electron chi connectivity index (χ4n) is 4.73. The minimum Gasteiger partial charge on any atom is -0.452 e. The molecule has 1 amide bonds. The zero-order valence-electron chi connectivity index (χ0n) is 20.5. The number of carbonyl (C=O) groups excluding carboxylic acids is 2. The van der Waals surface area contributed by atoms with E-state index in [0.29, 0.717) is 5.56 Å². The maximum Gasteiger partial charge on any atom is 0.339 e. The largest absolute Gasteiger partial charge is 0.452 e. The molecule has 36 heavy (non-hydrogen) atoms. The summed E-state index contributed by atoms with van der Waals surface area (Å²) in [4.78, 5) is 31.0. The van der Waals surface area contributed by atoms with Crippen molar-refractivity contribution in [2.45, 2.75) is 33.1 Å². The number of fused-ring (bicyclic) bond motifs is 2. The summed E-state index contributed by atoms with van der Waals surface area (Å²) in [7, 11) is 0. The number of hydrogen-bond donors (Lipinski definition) is 1. The van der Waals surface area contributed by atoms with Crippen LogP contribution in [0.15, 0.2) is 72.8 Å². The van der Waals surface area contributed by atoms with Crippen LogP contribution in [0.1, 0.15) is 51.1 Å². The number of aryl methyl sites for hydroxylation is 1. The van der Waals surface area contributed by atoms with E-state index in [0.717, 1.165) is 69.4 Å². The number of aromatic nitrogens is 1. The lowest BCUT2D eigenvalue weighted by Gasteiger charge is -2.22. The van der Waals surface area contributed by atoms with Gasteiger partial charge in [0.25, 0.3) is 5.91 Å². The quantitative estimate of drug-likeness (QED) is 0.333. The zero-order valence-corrected chi connectivity index (χ0v) is 20.5. The minimum absolute atomic E-state index is 0.357. The number of esters is 1. The molecule has 1 heterocycles. The van der Waals surface area contributed by atoms with Gasteiger partial charge in [0.2, 0.25) is 0 Å². The first kappa shape index (κ1) is 23.5. The van der Waals surface area contributed by atoms with Gasteiger partial charge in [-0.15, -0.1) is 0 Å². The number of carbonyl (C=O) groups is 2. The minimum atomic E-state index is -0.498. The van der Waals surface area contributed by atoms with Gasteiger partial charge >= 0.3 is 5.97 Å². The average Bonchev–Trinajstić information content (AvgIpc) is 2.89. The zero-order chi connectivity index (χ0) is 25.1. The third kappa shape index (κ3) is 4.78. The molecular formula is C31H28N2O3. The second kappa shape index (κ2) is 10.2. The number of para-hydroxylation sites is 1. The summed E-state index contributed by atoms with van der Waals surface area (Å²) in [6.45, 7) is 3.58. The van der Waals surface area contributed by atoms with Gasteiger partial charge in [0, 0.05) is 11.1 Å². The predicted octanol–water partition coefficient (Wildman–Crippen LogP) is 6.52. The molecule has 0 saturated carbocycles. The molecule has 0 fully saturated rings. The van der Waals surface area contributed by atoms with Gasteiger partial charge in [-0.2, -0.15) is 0 Å². The molecule has 0 spiro atoms. The molecule has 4 aromatic rings. The number of pyridine rings is 1. The number of nitrogens with one attached hydrogen (secondary N) is 1. The van der Waals surface area contributed by atoms with E-state index in [2.05, 4.69) is 23.5 Å². The Bertz CT molecular complexity index is 1490. The molecule has 180 valence electrons. The summed E-state index contributed by atoms with van der Waals surface area (Å²) in [5.41, 5.74) is 7.98. The van der Waals surface area contributed by atoms with Crippen LogP contribution in [0.5, 0.6) is 0 Å². The summed E-state index contributed by atoms with van der Waals surface area (Å²) in [5.74, 6) is -0.865. The Morgan fingerprint density at radius 1 is 0.944 bits per heavy atom. The molecule has 0 saturated heterocycles. The molecule has 0 bridgehead atoms. The topological polar surface area (TPSA) is 68.3 Å². The molecule has 5 heteroatoms. The van der Waals surface area contributed by atoms with Crippen molar-refractivity contribution in [3.63, 3.8) is 0 Å². The number of hydrogen-bond acceptors (Lipinski definition) is 4. The number of amides is 1. The number of nitrogens with zero attached hydrogens (tertiary/aromatic N) is 1. The van der Waals surface area contributed by atoms with Crippen LogP contribution in [-0.4, -0.2) is 23.5 Å². The molecule has 5 nitrogen and oxygen atoms in total. The van der Waals surface area contributed by atoms with Gasteiger partial charge in [-0.3, -0.25) is 4.79 Å². The van der Waals surface area contributed by atoms with Crippen molar-refractivity contribution in [1.82, 2.24) is 4.98 Å². The third-order valence-electron chi connectivity index (χ3n) is 6.73. The van der Waals surface area contributed by atoms with Crippen molar-refractivity contribution in [2.24, 2.45) is 0 Å². The van der Waals surface area contributed by atoms with Crippen LogP contribution in [0.2, 0.25) is 0 Å². The highest BCUT2D eigenvalue weighted by atomic mass is 16.5. The van der Waals surface area contributed by atoms with Gasteiger partial charge in [-0.25, -0.2) is 9.78 Å². The highest BCUT2D eigenvalue weighted by Gasteiger charge is 2.26. The summed E-state index contributed by atoms with van der Waals surface area (Å²) in [5, 5.41) is 3.60. The smallest absolute Gasteiger partial charge is 0.339 e. The van der Waals surface area contributed by atoms with Gasteiger partial charge in [0.15, 0.2) is 6.61 Å². The summed E-state index contributed by atoms with van der Waals surface area (Å²) in [6.07, 6.45) is 4.68.